The number of aromatic nitrogens is 6. The van der Waals surface area contributed by atoms with Crippen molar-refractivity contribution >= 4 is 11.5 Å². The zero-order chi connectivity index (χ0) is 16.7. The van der Waals surface area contributed by atoms with Crippen molar-refractivity contribution in [1.29, 1.82) is 0 Å². The summed E-state index contributed by atoms with van der Waals surface area (Å²) in [5.41, 5.74) is 1.18. The molecule has 4 rings (SSSR count). The van der Waals surface area contributed by atoms with Crippen molar-refractivity contribution in [2.45, 2.75) is 24.9 Å². The minimum absolute atomic E-state index is 0.0819. The van der Waals surface area contributed by atoms with E-state index in [1.807, 2.05) is 11.0 Å². The number of rotatable bonds is 2. The predicted molar refractivity (Wildman–Crippen MR) is 78.6 cm³/mol. The highest BCUT2D eigenvalue weighted by molar-refractivity contribution is 5.46. The molecule has 0 radical (unpaired) electrons. The maximum absolute atomic E-state index is 12.9. The third-order valence-electron chi connectivity index (χ3n) is 4.28. The molecule has 24 heavy (non-hydrogen) atoms. The molecule has 126 valence electrons. The fourth-order valence-corrected chi connectivity index (χ4v) is 3.04. The molecule has 1 fully saturated rings. The Morgan fingerprint density at radius 1 is 1.08 bits per heavy atom. The molecule has 1 saturated heterocycles. The Hall–Kier alpha value is -2.65. The van der Waals surface area contributed by atoms with Crippen LogP contribution < -0.4 is 4.90 Å². The minimum atomic E-state index is -4.58. The summed E-state index contributed by atoms with van der Waals surface area (Å²) in [5.74, 6) is -0.226. The standard InChI is InChI=1S/C14H14F3N7/c15-14(16,17)13-21-20-11-1-2-12(22-24(11)13)23-7-4-9(5-8-23)10-3-6-18-19-10/h1-3,6,9H,4-5,7-8H2,(H,18,19). The first-order valence-corrected chi connectivity index (χ1v) is 7.56. The van der Waals surface area contributed by atoms with E-state index in [2.05, 4.69) is 25.5 Å². The van der Waals surface area contributed by atoms with Gasteiger partial charge in [0.05, 0.1) is 0 Å². The van der Waals surface area contributed by atoms with E-state index in [4.69, 9.17) is 0 Å². The fraction of sp³-hybridized carbons (Fsp3) is 0.429. The zero-order valence-electron chi connectivity index (χ0n) is 12.5. The predicted octanol–water partition coefficient (Wildman–Crippen LogP) is 2.25. The smallest absolute Gasteiger partial charge is 0.355 e. The SMILES string of the molecule is FC(F)(F)c1nnc2ccc(N3CCC(c4ccn[nH]4)CC3)nn12. The van der Waals surface area contributed by atoms with Crippen LogP contribution in [-0.4, -0.2) is 43.1 Å². The summed E-state index contributed by atoms with van der Waals surface area (Å²) in [7, 11) is 0. The van der Waals surface area contributed by atoms with Crippen molar-refractivity contribution in [3.05, 3.63) is 35.9 Å². The molecule has 0 aliphatic carbocycles. The van der Waals surface area contributed by atoms with Crippen molar-refractivity contribution in [2.75, 3.05) is 18.0 Å². The quantitative estimate of drug-likeness (QED) is 0.776. The van der Waals surface area contributed by atoms with Gasteiger partial charge < -0.3 is 4.90 Å². The molecule has 1 N–H and O–H groups in total. The summed E-state index contributed by atoms with van der Waals surface area (Å²) < 4.78 is 39.6. The summed E-state index contributed by atoms with van der Waals surface area (Å²) in [6.07, 6.45) is -1.09. The molecular formula is C14H14F3N7. The lowest BCUT2D eigenvalue weighted by atomic mass is 9.94. The number of halogens is 3. The average molecular weight is 337 g/mol. The van der Waals surface area contributed by atoms with Crippen LogP contribution in [0.1, 0.15) is 30.3 Å². The molecule has 0 atom stereocenters. The second-order valence-corrected chi connectivity index (χ2v) is 5.76. The number of hydrogen-bond acceptors (Lipinski definition) is 5. The van der Waals surface area contributed by atoms with E-state index >= 15 is 0 Å². The topological polar surface area (TPSA) is 75.0 Å². The van der Waals surface area contributed by atoms with Gasteiger partial charge in [0.2, 0.25) is 0 Å². The Balaban J connectivity index is 1.57. The molecule has 10 heteroatoms. The summed E-state index contributed by atoms with van der Waals surface area (Å²) in [6.45, 7) is 1.43. The summed E-state index contributed by atoms with van der Waals surface area (Å²) in [6, 6.07) is 5.14. The highest BCUT2D eigenvalue weighted by Gasteiger charge is 2.37. The number of fused-ring (bicyclic) bond motifs is 1. The molecular weight excluding hydrogens is 323 g/mol. The van der Waals surface area contributed by atoms with Crippen LogP contribution in [0.15, 0.2) is 24.4 Å². The zero-order valence-corrected chi connectivity index (χ0v) is 12.5. The van der Waals surface area contributed by atoms with Crippen LogP contribution in [0.25, 0.3) is 5.65 Å². The number of alkyl halides is 3. The van der Waals surface area contributed by atoms with E-state index in [1.54, 1.807) is 12.3 Å². The monoisotopic (exact) mass is 337 g/mol. The molecule has 0 bridgehead atoms. The lowest BCUT2D eigenvalue weighted by Crippen LogP contribution is -2.34. The Morgan fingerprint density at radius 2 is 1.88 bits per heavy atom. The van der Waals surface area contributed by atoms with Crippen LogP contribution in [0.4, 0.5) is 19.0 Å². The number of anilines is 1. The summed E-state index contributed by atoms with van der Waals surface area (Å²) >= 11 is 0. The number of H-pyrrole nitrogens is 1. The minimum Gasteiger partial charge on any atom is -0.355 e. The first kappa shape index (κ1) is 14.9. The molecule has 7 nitrogen and oxygen atoms in total. The van der Waals surface area contributed by atoms with Crippen molar-refractivity contribution < 1.29 is 13.2 Å². The van der Waals surface area contributed by atoms with Gasteiger partial charge >= 0.3 is 6.18 Å². The van der Waals surface area contributed by atoms with Gasteiger partial charge in [-0.1, -0.05) is 0 Å². The van der Waals surface area contributed by atoms with Gasteiger partial charge in [-0.05, 0) is 31.0 Å². The van der Waals surface area contributed by atoms with Gasteiger partial charge in [0.15, 0.2) is 5.65 Å². The fourth-order valence-electron chi connectivity index (χ4n) is 3.04. The van der Waals surface area contributed by atoms with Crippen molar-refractivity contribution in [3.8, 4) is 0 Å². The number of piperidine rings is 1. The molecule has 1 aliphatic rings. The summed E-state index contributed by atoms with van der Waals surface area (Å²) in [4.78, 5) is 1.98. The normalized spacial score (nSPS) is 16.9. The van der Waals surface area contributed by atoms with E-state index < -0.39 is 12.0 Å². The maximum atomic E-state index is 12.9. The molecule has 0 saturated carbocycles. The number of nitrogens with one attached hydrogen (secondary N) is 1. The van der Waals surface area contributed by atoms with E-state index in [9.17, 15) is 13.2 Å². The average Bonchev–Trinajstić information content (AvgIpc) is 3.23. The third-order valence-corrected chi connectivity index (χ3v) is 4.28. The number of nitrogens with zero attached hydrogens (tertiary/aromatic N) is 6. The highest BCUT2D eigenvalue weighted by atomic mass is 19.4. The van der Waals surface area contributed by atoms with Gasteiger partial charge in [0.25, 0.3) is 5.82 Å². The Labute approximate surface area is 134 Å². The number of hydrogen-bond donors (Lipinski definition) is 1. The second-order valence-electron chi connectivity index (χ2n) is 5.76. The molecule has 1 aliphatic heterocycles. The van der Waals surface area contributed by atoms with Gasteiger partial charge in [-0.3, -0.25) is 5.10 Å². The Kier molecular flexibility index (Phi) is 3.39. The van der Waals surface area contributed by atoms with E-state index in [1.165, 1.54) is 6.07 Å². The molecule has 0 aromatic carbocycles. The van der Waals surface area contributed by atoms with Crippen LogP contribution in [-0.2, 0) is 6.18 Å². The van der Waals surface area contributed by atoms with E-state index in [0.717, 1.165) is 23.1 Å². The molecule has 3 aromatic rings. The highest BCUT2D eigenvalue weighted by Crippen LogP contribution is 2.30. The molecule has 3 aromatic heterocycles. The van der Waals surface area contributed by atoms with E-state index in [0.29, 0.717) is 24.8 Å². The largest absolute Gasteiger partial charge is 0.453 e. The first-order chi connectivity index (χ1) is 11.5. The van der Waals surface area contributed by atoms with Gasteiger partial charge in [-0.25, -0.2) is 0 Å². The first-order valence-electron chi connectivity index (χ1n) is 7.56. The lowest BCUT2D eigenvalue weighted by molar-refractivity contribution is -0.146. The van der Waals surface area contributed by atoms with Gasteiger partial charge in [-0.15, -0.1) is 15.3 Å². The van der Waals surface area contributed by atoms with Crippen LogP contribution in [0.2, 0.25) is 0 Å². The van der Waals surface area contributed by atoms with Crippen molar-refractivity contribution in [1.82, 2.24) is 30.0 Å². The maximum Gasteiger partial charge on any atom is 0.453 e. The molecule has 0 amide bonds. The van der Waals surface area contributed by atoms with Crippen LogP contribution >= 0.6 is 0 Å². The van der Waals surface area contributed by atoms with Crippen LogP contribution in [0, 0.1) is 0 Å². The lowest BCUT2D eigenvalue weighted by Gasteiger charge is -2.32. The van der Waals surface area contributed by atoms with Gasteiger partial charge in [0, 0.05) is 30.9 Å². The van der Waals surface area contributed by atoms with Crippen LogP contribution in [0.3, 0.4) is 0 Å². The Bertz CT molecular complexity index is 832. The molecule has 0 unspecified atom stereocenters. The number of aromatic amines is 1. The Morgan fingerprint density at radius 3 is 2.54 bits per heavy atom. The van der Waals surface area contributed by atoms with Crippen molar-refractivity contribution in [2.24, 2.45) is 0 Å². The molecule has 4 heterocycles. The summed E-state index contributed by atoms with van der Waals surface area (Å²) in [5, 5.41) is 17.7. The van der Waals surface area contributed by atoms with Gasteiger partial charge in [0.1, 0.15) is 5.82 Å². The van der Waals surface area contributed by atoms with E-state index in [-0.39, 0.29) is 5.65 Å². The third kappa shape index (κ3) is 2.57. The molecule has 0 spiro atoms. The van der Waals surface area contributed by atoms with Gasteiger partial charge in [-0.2, -0.15) is 22.8 Å². The second kappa shape index (κ2) is 5.46. The van der Waals surface area contributed by atoms with Crippen LogP contribution in [0.5, 0.6) is 0 Å². The van der Waals surface area contributed by atoms with Crippen molar-refractivity contribution in [3.63, 3.8) is 0 Å².